The summed E-state index contributed by atoms with van der Waals surface area (Å²) in [5, 5.41) is 32.9. The quantitative estimate of drug-likeness (QED) is 0.0473. The lowest BCUT2D eigenvalue weighted by atomic mass is 10.1. The van der Waals surface area contributed by atoms with Crippen molar-refractivity contribution in [1.82, 2.24) is 0 Å². The molecule has 0 aromatic heterocycles. The number of aromatic carboxylic acids is 1. The van der Waals surface area contributed by atoms with Crippen LogP contribution in [0, 0.1) is 0 Å². The van der Waals surface area contributed by atoms with Gasteiger partial charge in [-0.25, -0.2) is 4.79 Å². The van der Waals surface area contributed by atoms with Crippen molar-refractivity contribution in [3.8, 4) is 57.5 Å². The summed E-state index contributed by atoms with van der Waals surface area (Å²) >= 11 is 23.6. The number of phenols is 1. The monoisotopic (exact) mass is 1340 g/mol. The number of hydrogen-bond acceptors (Lipinski definition) is 15. The lowest BCUT2D eigenvalue weighted by Crippen LogP contribution is -2.14. The molecule has 0 aliphatic rings. The maximum absolute atomic E-state index is 12.9. The smallest absolute Gasteiger partial charge is 0.339 e. The van der Waals surface area contributed by atoms with Crippen LogP contribution in [0.15, 0.2) is 182 Å². The summed E-state index contributed by atoms with van der Waals surface area (Å²) in [5.74, 6) is 2.38. The lowest BCUT2D eigenvalue weighted by molar-refractivity contribution is 0.0692. The van der Waals surface area contributed by atoms with Crippen molar-refractivity contribution in [3.05, 3.63) is 219 Å². The Morgan fingerprint density at radius 1 is 0.344 bits per heavy atom. The second kappa shape index (κ2) is 33.0. The van der Waals surface area contributed by atoms with Gasteiger partial charge in [-0.2, -0.15) is 0 Å². The molecule has 22 heteroatoms. The van der Waals surface area contributed by atoms with Gasteiger partial charge in [0.1, 0.15) is 63.1 Å². The molecule has 2 amide bonds. The van der Waals surface area contributed by atoms with Crippen molar-refractivity contribution < 1.29 is 72.0 Å². The zero-order valence-corrected chi connectivity index (χ0v) is 54.6. The van der Waals surface area contributed by atoms with E-state index < -0.39 is 17.1 Å². The van der Waals surface area contributed by atoms with Crippen LogP contribution in [0.2, 0.25) is 15.1 Å². The van der Waals surface area contributed by atoms with Gasteiger partial charge in [0.2, 0.25) is 0 Å². The Morgan fingerprint density at radius 3 is 0.978 bits per heavy atom. The molecule has 11 aromatic carbocycles. The minimum Gasteiger partial charge on any atom is -0.507 e. The number of aromatic hydroxyl groups is 1. The van der Waals surface area contributed by atoms with Crippen LogP contribution in [0.4, 0.5) is 17.1 Å². The van der Waals surface area contributed by atoms with Crippen LogP contribution in [-0.4, -0.2) is 97.2 Å². The number of fused-ring (bicyclic) bond motifs is 4. The molecule has 6 N–H and O–H groups in total. The fraction of sp³-hybridized carbons (Fsp3) is 0.127. The minimum absolute atomic E-state index is 0.102. The standard InChI is InChI=1S/C20H18ClNO4.C19H16ClNO4.C12H9ClO2.C12H10O3.C8H10ClNO2/c1-24-17-9-13-7-5-4-6-12(13)8-14(17)20(23)22-16-10-15(21)18(25-2)11-19(16)26-3;1-24-17-10-18(25-2)15(9-14(17)20)21-19(23)13-7-11-5-3-4-6-12(11)8-16(13)22;2*1-15-11-7-9-5-3-2-4-8(9)6-10(11)12(13)14;1-11-7-4-8(12-2)6(10)3-5(7)9/h4-11H,1-3H3,(H,22,23);3-10,22H,1-2H3,(H,21,23);2-7H,1H3;2-7H,1H3,(H,13,14);3-4H,10H2,1-2H3. The predicted molar refractivity (Wildman–Crippen MR) is 368 cm³/mol. The van der Waals surface area contributed by atoms with Gasteiger partial charge in [-0.3, -0.25) is 14.4 Å². The van der Waals surface area contributed by atoms with Gasteiger partial charge in [0, 0.05) is 18.2 Å². The first-order valence-corrected chi connectivity index (χ1v) is 29.2. The fourth-order valence-electron chi connectivity index (χ4n) is 9.25. The molecule has 93 heavy (non-hydrogen) atoms. The summed E-state index contributed by atoms with van der Waals surface area (Å²) in [4.78, 5) is 47.6. The summed E-state index contributed by atoms with van der Waals surface area (Å²) in [6, 6.07) is 53.8. The van der Waals surface area contributed by atoms with Crippen LogP contribution in [0.25, 0.3) is 43.1 Å². The van der Waals surface area contributed by atoms with E-state index in [1.807, 2.05) is 109 Å². The molecule has 480 valence electrons. The highest BCUT2D eigenvalue weighted by Crippen LogP contribution is 2.39. The fourth-order valence-corrected chi connectivity index (χ4v) is 10.1. The summed E-state index contributed by atoms with van der Waals surface area (Å²) in [6.07, 6.45) is 0. The number of halogens is 4. The van der Waals surface area contributed by atoms with Crippen LogP contribution >= 0.6 is 46.4 Å². The second-order valence-electron chi connectivity index (χ2n) is 19.5. The summed E-state index contributed by atoms with van der Waals surface area (Å²) in [6.45, 7) is 0. The molecule has 0 aliphatic heterocycles. The van der Waals surface area contributed by atoms with E-state index in [-0.39, 0.29) is 22.8 Å². The number of methoxy groups -OCH3 is 9. The maximum atomic E-state index is 12.9. The first-order chi connectivity index (χ1) is 44.7. The van der Waals surface area contributed by atoms with E-state index in [2.05, 4.69) is 10.6 Å². The maximum Gasteiger partial charge on any atom is 0.339 e. The van der Waals surface area contributed by atoms with E-state index >= 15 is 0 Å². The van der Waals surface area contributed by atoms with E-state index in [0.29, 0.717) is 95.0 Å². The normalized spacial score (nSPS) is 10.3. The van der Waals surface area contributed by atoms with Crippen LogP contribution in [0.1, 0.15) is 41.4 Å². The summed E-state index contributed by atoms with van der Waals surface area (Å²) < 4.78 is 46.4. The molecular formula is C71H63Cl4N3O15. The molecule has 0 radical (unpaired) electrons. The van der Waals surface area contributed by atoms with Gasteiger partial charge >= 0.3 is 5.97 Å². The van der Waals surface area contributed by atoms with Crippen molar-refractivity contribution >= 4 is 130 Å². The van der Waals surface area contributed by atoms with Crippen molar-refractivity contribution in [2.24, 2.45) is 0 Å². The zero-order valence-electron chi connectivity index (χ0n) is 51.6. The average molecular weight is 1340 g/mol. The van der Waals surface area contributed by atoms with E-state index in [1.54, 1.807) is 73.8 Å². The third-order valence-corrected chi connectivity index (χ3v) is 15.0. The number of nitrogens with two attached hydrogens (primary N) is 1. The molecule has 0 saturated carbocycles. The number of anilines is 3. The molecule has 0 saturated heterocycles. The number of carbonyl (C=O) groups is 4. The molecule has 11 rings (SSSR count). The Balaban J connectivity index is 0.000000170. The number of ether oxygens (including phenoxy) is 9. The van der Waals surface area contributed by atoms with Crippen molar-refractivity contribution in [1.29, 1.82) is 0 Å². The number of carboxylic acid groups (broad SMARTS) is 1. The number of hydrogen-bond donors (Lipinski definition) is 5. The van der Waals surface area contributed by atoms with Gasteiger partial charge < -0.3 is 69.2 Å². The average Bonchev–Trinajstić information content (AvgIpc) is 0.935. The van der Waals surface area contributed by atoms with Crippen LogP contribution in [-0.2, 0) is 0 Å². The highest BCUT2D eigenvalue weighted by Gasteiger charge is 2.20. The van der Waals surface area contributed by atoms with Gasteiger partial charge in [-0.15, -0.1) is 0 Å². The van der Waals surface area contributed by atoms with Gasteiger partial charge in [0.25, 0.3) is 17.1 Å². The topological polar surface area (TPSA) is 242 Å². The van der Waals surface area contributed by atoms with Crippen molar-refractivity contribution in [3.63, 3.8) is 0 Å². The van der Waals surface area contributed by atoms with Crippen LogP contribution in [0.3, 0.4) is 0 Å². The molecule has 0 spiro atoms. The third kappa shape index (κ3) is 17.5. The van der Waals surface area contributed by atoms with Gasteiger partial charge in [-0.1, -0.05) is 132 Å². The SMILES string of the molecule is COc1cc(OC)c(Cl)cc1N.COc1cc(OC)c(NC(=O)c2cc3ccccc3cc2O)cc1Cl.COc1cc(OC)c(NC(=O)c2cc3ccccc3cc2OC)cc1Cl.COc1cc2ccccc2cc1C(=O)Cl.COc1cc2ccccc2cc1C(=O)O. The lowest BCUT2D eigenvalue weighted by Gasteiger charge is -2.15. The van der Waals surface area contributed by atoms with Crippen LogP contribution in [0.5, 0.6) is 57.5 Å². The van der Waals surface area contributed by atoms with Crippen LogP contribution < -0.4 is 59.0 Å². The number of benzene rings is 11. The molecular weight excluding hydrogens is 1280 g/mol. The molecule has 0 fully saturated rings. The number of phenolic OH excluding ortho intramolecular Hbond substituents is 1. The highest BCUT2D eigenvalue weighted by molar-refractivity contribution is 6.68. The summed E-state index contributed by atoms with van der Waals surface area (Å²) in [7, 11) is 13.6. The Labute approximate surface area is 555 Å². The molecule has 0 bridgehead atoms. The van der Waals surface area contributed by atoms with Gasteiger partial charge in [0.15, 0.2) is 0 Å². The molecule has 0 heterocycles. The number of amides is 2. The third-order valence-electron chi connectivity index (χ3n) is 13.9. The largest absolute Gasteiger partial charge is 0.507 e. The molecule has 11 aromatic rings. The summed E-state index contributed by atoms with van der Waals surface area (Å²) in [5.41, 5.74) is 8.09. The molecule has 18 nitrogen and oxygen atoms in total. The van der Waals surface area contributed by atoms with E-state index in [1.165, 1.54) is 62.9 Å². The predicted octanol–water partition coefficient (Wildman–Crippen LogP) is 17.0. The number of nitrogen functional groups attached to an aromatic ring is 1. The first kappa shape index (κ1) is 70.0. The highest BCUT2D eigenvalue weighted by atomic mass is 35.5. The molecule has 0 aliphatic carbocycles. The van der Waals surface area contributed by atoms with Crippen molar-refractivity contribution in [2.45, 2.75) is 0 Å². The minimum atomic E-state index is -0.974. The van der Waals surface area contributed by atoms with Gasteiger partial charge in [0.05, 0.1) is 113 Å². The number of carboxylic acids is 1. The second-order valence-corrected chi connectivity index (χ2v) is 21.1. The number of carbonyl (C=O) groups excluding carboxylic acids is 3. The van der Waals surface area contributed by atoms with E-state index in [0.717, 1.165) is 43.1 Å². The van der Waals surface area contributed by atoms with E-state index in [9.17, 15) is 24.3 Å². The first-order valence-electron chi connectivity index (χ1n) is 27.7. The Bertz CT molecular complexity index is 4410. The number of rotatable bonds is 15. The zero-order chi connectivity index (χ0) is 67.5. The Kier molecular flexibility index (Phi) is 24.8. The van der Waals surface area contributed by atoms with Gasteiger partial charge in [-0.05, 0) is 121 Å². The molecule has 0 atom stereocenters. The number of nitrogens with one attached hydrogen (secondary N) is 2. The Hall–Kier alpha value is -10.5. The van der Waals surface area contributed by atoms with Crippen molar-refractivity contribution in [2.75, 3.05) is 80.4 Å². The van der Waals surface area contributed by atoms with E-state index in [4.69, 9.17) is 99.9 Å². The Morgan fingerprint density at radius 2 is 0.624 bits per heavy atom. The molecule has 0 unspecified atom stereocenters.